The van der Waals surface area contributed by atoms with Crippen LogP contribution in [0.3, 0.4) is 0 Å². The highest BCUT2D eigenvalue weighted by atomic mass is 19.4. The van der Waals surface area contributed by atoms with E-state index in [1.54, 1.807) is 19.2 Å². The first kappa shape index (κ1) is 17.7. The summed E-state index contributed by atoms with van der Waals surface area (Å²) in [4.78, 5) is 2.08. The minimum Gasteiger partial charge on any atom is -0.406 e. The largest absolute Gasteiger partial charge is 0.573 e. The summed E-state index contributed by atoms with van der Waals surface area (Å²) in [6.07, 6.45) is -4.65. The summed E-state index contributed by atoms with van der Waals surface area (Å²) in [5.74, 6) is -0.199. The second kappa shape index (κ2) is 8.86. The Morgan fingerprint density at radius 3 is 2.38 bits per heavy atom. The van der Waals surface area contributed by atoms with Gasteiger partial charge in [0.2, 0.25) is 0 Å². The second-order valence-corrected chi connectivity index (χ2v) is 4.67. The molecule has 21 heavy (non-hydrogen) atoms. The summed E-state index contributed by atoms with van der Waals surface area (Å²) < 4.78 is 44.9. The van der Waals surface area contributed by atoms with E-state index in [1.807, 2.05) is 7.05 Å². The molecule has 4 nitrogen and oxygen atoms in total. The molecule has 0 aliphatic rings. The van der Waals surface area contributed by atoms with Crippen molar-refractivity contribution in [1.82, 2.24) is 10.2 Å². The number of hydrogen-bond acceptors (Lipinski definition) is 4. The van der Waals surface area contributed by atoms with E-state index in [0.717, 1.165) is 25.2 Å². The molecule has 0 amide bonds. The van der Waals surface area contributed by atoms with Crippen molar-refractivity contribution in [3.05, 3.63) is 29.8 Å². The van der Waals surface area contributed by atoms with Crippen LogP contribution >= 0.6 is 0 Å². The van der Waals surface area contributed by atoms with E-state index in [-0.39, 0.29) is 5.75 Å². The lowest BCUT2D eigenvalue weighted by Gasteiger charge is -2.17. The van der Waals surface area contributed by atoms with Crippen LogP contribution in [-0.4, -0.2) is 51.7 Å². The zero-order valence-electron chi connectivity index (χ0n) is 12.2. The number of hydrogen-bond donors (Lipinski definition) is 1. The number of alkyl halides is 3. The molecule has 7 heteroatoms. The molecule has 120 valence electrons. The lowest BCUT2D eigenvalue weighted by Crippen LogP contribution is -2.30. The monoisotopic (exact) mass is 306 g/mol. The Morgan fingerprint density at radius 2 is 1.81 bits per heavy atom. The zero-order chi connectivity index (χ0) is 15.7. The molecule has 0 radical (unpaired) electrons. The van der Waals surface area contributed by atoms with Crippen molar-refractivity contribution < 1.29 is 22.6 Å². The molecule has 1 N–H and O–H groups in total. The van der Waals surface area contributed by atoms with Gasteiger partial charge in [-0.25, -0.2) is 0 Å². The van der Waals surface area contributed by atoms with Gasteiger partial charge in [0, 0.05) is 33.3 Å². The van der Waals surface area contributed by atoms with E-state index in [1.165, 1.54) is 12.1 Å². The van der Waals surface area contributed by atoms with Gasteiger partial charge in [-0.05, 0) is 24.7 Å². The Bertz CT molecular complexity index is 396. The molecule has 0 saturated heterocycles. The molecule has 0 bridgehead atoms. The van der Waals surface area contributed by atoms with Crippen molar-refractivity contribution in [2.75, 3.05) is 40.4 Å². The van der Waals surface area contributed by atoms with E-state index in [4.69, 9.17) is 4.74 Å². The summed E-state index contributed by atoms with van der Waals surface area (Å²) in [6.45, 7) is 3.80. The third kappa shape index (κ3) is 8.54. The number of rotatable bonds is 9. The number of benzene rings is 1. The van der Waals surface area contributed by atoms with E-state index in [9.17, 15) is 13.2 Å². The molecule has 1 aromatic rings. The fourth-order valence-electron chi connectivity index (χ4n) is 1.76. The molecular weight excluding hydrogens is 285 g/mol. The molecule has 1 aromatic carbocycles. The van der Waals surface area contributed by atoms with Gasteiger partial charge >= 0.3 is 6.36 Å². The van der Waals surface area contributed by atoms with E-state index in [2.05, 4.69) is 15.0 Å². The number of methoxy groups -OCH3 is 1. The van der Waals surface area contributed by atoms with Gasteiger partial charge in [0.05, 0.1) is 6.61 Å². The van der Waals surface area contributed by atoms with Crippen LogP contribution < -0.4 is 10.1 Å². The fraction of sp³-hybridized carbons (Fsp3) is 0.571. The number of nitrogens with zero attached hydrogens (tertiary/aromatic N) is 1. The highest BCUT2D eigenvalue weighted by Crippen LogP contribution is 2.22. The maximum absolute atomic E-state index is 12.0. The van der Waals surface area contributed by atoms with Crippen molar-refractivity contribution in [3.63, 3.8) is 0 Å². The average molecular weight is 306 g/mol. The van der Waals surface area contributed by atoms with Crippen LogP contribution in [0.4, 0.5) is 13.2 Å². The van der Waals surface area contributed by atoms with Gasteiger partial charge < -0.3 is 19.7 Å². The number of ether oxygens (including phenoxy) is 2. The smallest absolute Gasteiger partial charge is 0.406 e. The van der Waals surface area contributed by atoms with E-state index < -0.39 is 6.36 Å². The maximum atomic E-state index is 12.0. The third-order valence-electron chi connectivity index (χ3n) is 2.76. The molecule has 0 aliphatic carbocycles. The van der Waals surface area contributed by atoms with Crippen molar-refractivity contribution in [2.45, 2.75) is 12.9 Å². The Balaban J connectivity index is 2.31. The van der Waals surface area contributed by atoms with Crippen molar-refractivity contribution in [1.29, 1.82) is 0 Å². The van der Waals surface area contributed by atoms with Crippen LogP contribution in [0.25, 0.3) is 0 Å². The quantitative estimate of drug-likeness (QED) is 0.710. The minimum absolute atomic E-state index is 0.199. The van der Waals surface area contributed by atoms with Crippen molar-refractivity contribution >= 4 is 0 Å². The predicted octanol–water partition coefficient (Wildman–Crippen LogP) is 2.25. The molecular formula is C14H21F3N2O2. The molecule has 0 saturated carbocycles. The standard InChI is InChI=1S/C14H21F3N2O2/c1-19(9-7-18-8-10-20-2)11-12-3-5-13(6-4-12)21-14(15,16)17/h3-6,18H,7-11H2,1-2H3. The lowest BCUT2D eigenvalue weighted by atomic mass is 10.2. The van der Waals surface area contributed by atoms with E-state index in [0.29, 0.717) is 13.2 Å². The van der Waals surface area contributed by atoms with Gasteiger partial charge in [-0.15, -0.1) is 13.2 Å². The third-order valence-corrected chi connectivity index (χ3v) is 2.76. The first-order chi connectivity index (χ1) is 9.90. The van der Waals surface area contributed by atoms with Gasteiger partial charge in [0.15, 0.2) is 0 Å². The maximum Gasteiger partial charge on any atom is 0.573 e. The fourth-order valence-corrected chi connectivity index (χ4v) is 1.76. The molecule has 0 aromatic heterocycles. The normalized spacial score (nSPS) is 11.9. The van der Waals surface area contributed by atoms with Gasteiger partial charge in [0.25, 0.3) is 0 Å². The summed E-state index contributed by atoms with van der Waals surface area (Å²) in [5.41, 5.74) is 0.934. The first-order valence-corrected chi connectivity index (χ1v) is 6.63. The number of nitrogens with one attached hydrogen (secondary N) is 1. The number of likely N-dealkylation sites (N-methyl/N-ethyl adjacent to an activating group) is 1. The molecule has 0 unspecified atom stereocenters. The Hall–Kier alpha value is -1.31. The molecule has 0 fully saturated rings. The van der Waals surface area contributed by atoms with E-state index >= 15 is 0 Å². The highest BCUT2D eigenvalue weighted by molar-refractivity contribution is 5.27. The molecule has 0 aliphatic heterocycles. The van der Waals surface area contributed by atoms with Crippen LogP contribution in [0.2, 0.25) is 0 Å². The topological polar surface area (TPSA) is 33.7 Å². The molecule has 0 atom stereocenters. The van der Waals surface area contributed by atoms with Crippen LogP contribution in [0.1, 0.15) is 5.56 Å². The van der Waals surface area contributed by atoms with Crippen LogP contribution in [0, 0.1) is 0 Å². The summed E-state index contributed by atoms with van der Waals surface area (Å²) in [5, 5.41) is 3.23. The minimum atomic E-state index is -4.65. The average Bonchev–Trinajstić information content (AvgIpc) is 2.39. The first-order valence-electron chi connectivity index (χ1n) is 6.63. The number of halogens is 3. The van der Waals surface area contributed by atoms with Crippen LogP contribution in [0.15, 0.2) is 24.3 Å². The Kier molecular flexibility index (Phi) is 7.49. The molecule has 0 heterocycles. The Morgan fingerprint density at radius 1 is 1.14 bits per heavy atom. The van der Waals surface area contributed by atoms with Crippen LogP contribution in [-0.2, 0) is 11.3 Å². The summed E-state index contributed by atoms with van der Waals surface area (Å²) in [6, 6.07) is 5.92. The lowest BCUT2D eigenvalue weighted by molar-refractivity contribution is -0.274. The predicted molar refractivity (Wildman–Crippen MR) is 74.2 cm³/mol. The highest BCUT2D eigenvalue weighted by Gasteiger charge is 2.30. The van der Waals surface area contributed by atoms with Crippen molar-refractivity contribution in [3.8, 4) is 5.75 Å². The molecule has 1 rings (SSSR count). The van der Waals surface area contributed by atoms with Gasteiger partial charge in [0.1, 0.15) is 5.75 Å². The second-order valence-electron chi connectivity index (χ2n) is 4.67. The SMILES string of the molecule is COCCNCCN(C)Cc1ccc(OC(F)(F)F)cc1. The van der Waals surface area contributed by atoms with Crippen LogP contribution in [0.5, 0.6) is 5.75 Å². The van der Waals surface area contributed by atoms with Gasteiger partial charge in [-0.3, -0.25) is 0 Å². The van der Waals surface area contributed by atoms with Crippen molar-refractivity contribution in [2.24, 2.45) is 0 Å². The summed E-state index contributed by atoms with van der Waals surface area (Å²) >= 11 is 0. The Labute approximate surface area is 122 Å². The zero-order valence-corrected chi connectivity index (χ0v) is 12.2. The summed E-state index contributed by atoms with van der Waals surface area (Å²) in [7, 11) is 3.61. The van der Waals surface area contributed by atoms with Gasteiger partial charge in [-0.1, -0.05) is 12.1 Å². The molecule has 0 spiro atoms. The van der Waals surface area contributed by atoms with Gasteiger partial charge in [-0.2, -0.15) is 0 Å².